The van der Waals surface area contributed by atoms with Gasteiger partial charge in [0.2, 0.25) is 5.30 Å². The van der Waals surface area contributed by atoms with Crippen LogP contribution in [-0.4, -0.2) is 27.0 Å². The normalized spacial score (nSPS) is 10.9. The van der Waals surface area contributed by atoms with E-state index < -0.39 is 25.5 Å². The number of hydrogen-bond donors (Lipinski definition) is 3. The smallest absolute Gasteiger partial charge is 0.478 e. The molecular weight excluding hydrogens is 223 g/mol. The van der Waals surface area contributed by atoms with E-state index in [9.17, 15) is 14.2 Å². The molecule has 15 heavy (non-hydrogen) atoms. The lowest BCUT2D eigenvalue weighted by atomic mass is 10.1. The van der Waals surface area contributed by atoms with Gasteiger partial charge in [0.15, 0.2) is 0 Å². The molecule has 0 saturated heterocycles. The molecule has 1 rings (SSSR count). The molecule has 0 amide bonds. The van der Waals surface area contributed by atoms with Crippen molar-refractivity contribution < 1.29 is 29.3 Å². The second-order valence-electron chi connectivity index (χ2n) is 2.62. The summed E-state index contributed by atoms with van der Waals surface area (Å²) >= 11 is 0. The average molecular weight is 229 g/mol. The maximum Gasteiger partial charge on any atom is 0.547 e. The zero-order chi connectivity index (χ0) is 11.6. The zero-order valence-electron chi connectivity index (χ0n) is 7.25. The van der Waals surface area contributed by atoms with Crippen LogP contribution in [0.15, 0.2) is 18.2 Å². The summed E-state index contributed by atoms with van der Waals surface area (Å²) in [6.07, 6.45) is 0. The first kappa shape index (κ1) is 11.3. The Morgan fingerprint density at radius 2 is 1.73 bits per heavy atom. The number of carboxylic acids is 2. The highest BCUT2D eigenvalue weighted by Gasteiger charge is 2.26. The van der Waals surface area contributed by atoms with Gasteiger partial charge in [-0.05, 0) is 22.8 Å². The van der Waals surface area contributed by atoms with Gasteiger partial charge in [-0.25, -0.2) is 9.59 Å². The standard InChI is InChI=1S/C8H5O6P/c9-7(10)4-1-2-6(15(13)14)5(3-4)8(11)12/h1-3H,(H2-,9,10,11,12,13,14)/p+1. The number of hydrogen-bond acceptors (Lipinski definition) is 3. The Labute approximate surface area is 84.7 Å². The molecule has 6 nitrogen and oxygen atoms in total. The summed E-state index contributed by atoms with van der Waals surface area (Å²) in [5.41, 5.74) is -0.716. The second-order valence-corrected chi connectivity index (χ2v) is 3.64. The van der Waals surface area contributed by atoms with Crippen molar-refractivity contribution in [3.05, 3.63) is 29.3 Å². The Balaban J connectivity index is 3.40. The molecule has 0 fully saturated rings. The molecule has 7 heteroatoms. The molecule has 0 aliphatic heterocycles. The number of benzene rings is 1. The van der Waals surface area contributed by atoms with Crippen LogP contribution in [-0.2, 0) is 4.57 Å². The molecule has 0 aliphatic carbocycles. The zero-order valence-corrected chi connectivity index (χ0v) is 8.14. The van der Waals surface area contributed by atoms with Gasteiger partial charge >= 0.3 is 20.0 Å². The van der Waals surface area contributed by atoms with Gasteiger partial charge in [-0.2, -0.15) is 4.89 Å². The number of rotatable bonds is 3. The lowest BCUT2D eigenvalue weighted by Crippen LogP contribution is -2.13. The van der Waals surface area contributed by atoms with Crippen molar-refractivity contribution >= 4 is 25.3 Å². The van der Waals surface area contributed by atoms with Crippen molar-refractivity contribution in [1.29, 1.82) is 0 Å². The van der Waals surface area contributed by atoms with Crippen molar-refractivity contribution in [2.45, 2.75) is 0 Å². The third-order valence-electron chi connectivity index (χ3n) is 1.68. The molecule has 0 heterocycles. The van der Waals surface area contributed by atoms with E-state index >= 15 is 0 Å². The highest BCUT2D eigenvalue weighted by Crippen LogP contribution is 2.17. The van der Waals surface area contributed by atoms with E-state index in [2.05, 4.69) is 0 Å². The van der Waals surface area contributed by atoms with E-state index in [0.717, 1.165) is 18.2 Å². The largest absolute Gasteiger partial charge is 0.547 e. The highest BCUT2D eigenvalue weighted by molar-refractivity contribution is 7.47. The van der Waals surface area contributed by atoms with E-state index in [0.29, 0.717) is 0 Å². The number of carboxylic acid groups (broad SMARTS) is 2. The third kappa shape index (κ3) is 2.37. The fourth-order valence-electron chi connectivity index (χ4n) is 1.01. The quantitative estimate of drug-likeness (QED) is 0.648. The Kier molecular flexibility index (Phi) is 3.14. The molecule has 0 bridgehead atoms. The van der Waals surface area contributed by atoms with Crippen LogP contribution in [0.2, 0.25) is 0 Å². The summed E-state index contributed by atoms with van der Waals surface area (Å²) in [6.45, 7) is 0. The lowest BCUT2D eigenvalue weighted by molar-refractivity contribution is 0.0696. The minimum atomic E-state index is -2.80. The van der Waals surface area contributed by atoms with Crippen molar-refractivity contribution in [3.63, 3.8) is 0 Å². The van der Waals surface area contributed by atoms with Crippen LogP contribution < -0.4 is 5.30 Å². The monoisotopic (exact) mass is 229 g/mol. The van der Waals surface area contributed by atoms with Crippen LogP contribution in [0.5, 0.6) is 0 Å². The fraction of sp³-hybridized carbons (Fsp3) is 0. The van der Waals surface area contributed by atoms with E-state index in [-0.39, 0.29) is 10.9 Å². The van der Waals surface area contributed by atoms with Crippen LogP contribution in [0.3, 0.4) is 0 Å². The molecule has 0 saturated carbocycles. The summed E-state index contributed by atoms with van der Waals surface area (Å²) in [4.78, 5) is 30.0. The van der Waals surface area contributed by atoms with Gasteiger partial charge in [-0.1, -0.05) is 0 Å². The minimum Gasteiger partial charge on any atom is -0.478 e. The lowest BCUT2D eigenvalue weighted by Gasteiger charge is -1.96. The van der Waals surface area contributed by atoms with Crippen molar-refractivity contribution in [2.75, 3.05) is 0 Å². The Morgan fingerprint density at radius 1 is 1.13 bits per heavy atom. The van der Waals surface area contributed by atoms with Gasteiger partial charge in [-0.3, -0.25) is 0 Å². The van der Waals surface area contributed by atoms with Crippen molar-refractivity contribution in [1.82, 2.24) is 0 Å². The summed E-state index contributed by atoms with van der Waals surface area (Å²) in [5, 5.41) is 17.0. The molecule has 1 aromatic carbocycles. The average Bonchev–Trinajstić information content (AvgIpc) is 2.16. The number of carbonyl (C=O) groups is 2. The predicted molar refractivity (Wildman–Crippen MR) is 49.8 cm³/mol. The molecule has 1 aromatic rings. The van der Waals surface area contributed by atoms with Crippen LogP contribution in [0.25, 0.3) is 0 Å². The summed E-state index contributed by atoms with van der Waals surface area (Å²) < 4.78 is 10.7. The minimum absolute atomic E-state index is 0.243. The van der Waals surface area contributed by atoms with E-state index in [4.69, 9.17) is 15.1 Å². The van der Waals surface area contributed by atoms with Crippen LogP contribution >= 0.6 is 8.03 Å². The Morgan fingerprint density at radius 3 is 2.13 bits per heavy atom. The molecule has 0 radical (unpaired) electrons. The van der Waals surface area contributed by atoms with E-state index in [1.54, 1.807) is 0 Å². The van der Waals surface area contributed by atoms with E-state index in [1.165, 1.54) is 0 Å². The first-order chi connectivity index (χ1) is 6.93. The summed E-state index contributed by atoms with van der Waals surface area (Å²) in [7, 11) is -2.80. The van der Waals surface area contributed by atoms with Crippen molar-refractivity contribution in [3.8, 4) is 0 Å². The fourth-order valence-corrected chi connectivity index (χ4v) is 1.58. The number of aromatic carboxylic acids is 2. The molecular formula is C8H6O6P+. The Bertz CT molecular complexity index is 452. The van der Waals surface area contributed by atoms with Crippen LogP contribution in [0.4, 0.5) is 0 Å². The maximum absolute atomic E-state index is 10.7. The molecule has 1 atom stereocenters. The van der Waals surface area contributed by atoms with Gasteiger partial charge in [0.05, 0.1) is 5.56 Å². The van der Waals surface area contributed by atoms with Gasteiger partial charge < -0.3 is 10.2 Å². The molecule has 0 aromatic heterocycles. The summed E-state index contributed by atoms with van der Waals surface area (Å²) in [5.74, 6) is -2.73. The maximum atomic E-state index is 10.7. The highest BCUT2D eigenvalue weighted by atomic mass is 31.1. The summed E-state index contributed by atoms with van der Waals surface area (Å²) in [6, 6.07) is 2.95. The third-order valence-corrected chi connectivity index (χ3v) is 2.48. The molecule has 0 aliphatic rings. The van der Waals surface area contributed by atoms with Crippen LogP contribution in [0, 0.1) is 0 Å². The predicted octanol–water partition coefficient (Wildman–Crippen LogP) is 0.443. The molecule has 1 unspecified atom stereocenters. The van der Waals surface area contributed by atoms with Gasteiger partial charge in [0.25, 0.3) is 0 Å². The van der Waals surface area contributed by atoms with Gasteiger partial charge in [0, 0.05) is 0 Å². The van der Waals surface area contributed by atoms with Crippen LogP contribution in [0.1, 0.15) is 20.7 Å². The van der Waals surface area contributed by atoms with E-state index in [1.807, 2.05) is 0 Å². The molecule has 78 valence electrons. The second kappa shape index (κ2) is 4.16. The topological polar surface area (TPSA) is 112 Å². The molecule has 0 spiro atoms. The van der Waals surface area contributed by atoms with Gasteiger partial charge in [0.1, 0.15) is 5.56 Å². The van der Waals surface area contributed by atoms with Crippen molar-refractivity contribution in [2.24, 2.45) is 0 Å². The first-order valence-electron chi connectivity index (χ1n) is 3.70. The Hall–Kier alpha value is -1.78. The first-order valence-corrected chi connectivity index (χ1v) is 4.91. The van der Waals surface area contributed by atoms with Gasteiger partial charge in [-0.15, -0.1) is 0 Å². The molecule has 3 N–H and O–H groups in total. The SMILES string of the molecule is O=C(O)c1ccc([P+](=O)O)c(C(=O)O)c1.